The molecule has 34 heavy (non-hydrogen) atoms. The summed E-state index contributed by atoms with van der Waals surface area (Å²) in [7, 11) is -4.04. The highest BCUT2D eigenvalue weighted by atomic mass is 28.4. The standard InChI is InChI=1S/C29H44O3Si2/c1-28(2,3)33(7,8)31-26-20-19-25(22-27(26)32-34(9,10)29(4,5)6)18-17-24-15-13-23(14-16-24)12-11-21-30/h11-20,22,30H,21H2,1-10H3/b12-11+,18-17+. The maximum absolute atomic E-state index is 8.94. The summed E-state index contributed by atoms with van der Waals surface area (Å²) in [4.78, 5) is 0. The minimum absolute atomic E-state index is 0.0517. The maximum Gasteiger partial charge on any atom is 0.250 e. The summed E-state index contributed by atoms with van der Waals surface area (Å²) in [6.45, 7) is 22.7. The van der Waals surface area contributed by atoms with E-state index in [0.29, 0.717) is 0 Å². The average Bonchev–Trinajstić information content (AvgIpc) is 2.71. The molecule has 1 N–H and O–H groups in total. The van der Waals surface area contributed by atoms with Gasteiger partial charge in [-0.1, -0.05) is 96.2 Å². The van der Waals surface area contributed by atoms with E-state index in [1.54, 1.807) is 6.08 Å². The molecule has 186 valence electrons. The average molecular weight is 497 g/mol. The predicted molar refractivity (Wildman–Crippen MR) is 154 cm³/mol. The summed E-state index contributed by atoms with van der Waals surface area (Å²) in [5, 5.41) is 9.14. The van der Waals surface area contributed by atoms with Gasteiger partial charge >= 0.3 is 0 Å². The number of benzene rings is 2. The molecule has 5 heteroatoms. The molecular weight excluding hydrogens is 452 g/mol. The lowest BCUT2D eigenvalue weighted by atomic mass is 10.1. The van der Waals surface area contributed by atoms with Gasteiger partial charge in [-0.3, -0.25) is 0 Å². The normalized spacial score (nSPS) is 13.6. The summed E-state index contributed by atoms with van der Waals surface area (Å²) in [6.07, 6.45) is 7.88. The van der Waals surface area contributed by atoms with E-state index < -0.39 is 16.6 Å². The number of hydrogen-bond acceptors (Lipinski definition) is 3. The molecule has 2 rings (SSSR count). The molecule has 0 heterocycles. The minimum Gasteiger partial charge on any atom is -0.541 e. The smallest absolute Gasteiger partial charge is 0.250 e. The lowest BCUT2D eigenvalue weighted by molar-refractivity contribution is 0.343. The van der Waals surface area contributed by atoms with Crippen LogP contribution in [0.2, 0.25) is 36.3 Å². The van der Waals surface area contributed by atoms with Crippen molar-refractivity contribution in [3.05, 3.63) is 65.2 Å². The second kappa shape index (κ2) is 10.7. The molecule has 0 unspecified atom stereocenters. The molecule has 0 atom stereocenters. The van der Waals surface area contributed by atoms with Crippen LogP contribution < -0.4 is 8.85 Å². The van der Waals surface area contributed by atoms with Gasteiger partial charge in [0.05, 0.1) is 6.61 Å². The lowest BCUT2D eigenvalue weighted by Crippen LogP contribution is -2.45. The van der Waals surface area contributed by atoms with Crippen LogP contribution in [-0.4, -0.2) is 28.3 Å². The Morgan fingerprint density at radius 2 is 1.06 bits per heavy atom. The SMILES string of the molecule is CC(C)(C)[Si](C)(C)Oc1ccc(/C=C/c2ccc(/C=C/CO)cc2)cc1O[Si](C)(C)C(C)(C)C. The number of aliphatic hydroxyl groups is 1. The Morgan fingerprint density at radius 3 is 1.53 bits per heavy atom. The summed E-state index contributed by atoms with van der Waals surface area (Å²) in [5.41, 5.74) is 3.28. The van der Waals surface area contributed by atoms with Crippen LogP contribution >= 0.6 is 0 Å². The van der Waals surface area contributed by atoms with Crippen LogP contribution in [0.5, 0.6) is 11.5 Å². The fraction of sp³-hybridized carbons (Fsp3) is 0.448. The van der Waals surface area contributed by atoms with Gasteiger partial charge in [-0.05, 0) is 65.1 Å². The van der Waals surface area contributed by atoms with Crippen LogP contribution in [-0.2, 0) is 0 Å². The molecule has 0 aliphatic rings. The van der Waals surface area contributed by atoms with Crippen molar-refractivity contribution in [2.45, 2.75) is 77.8 Å². The van der Waals surface area contributed by atoms with Crippen molar-refractivity contribution in [2.24, 2.45) is 0 Å². The largest absolute Gasteiger partial charge is 0.541 e. The zero-order valence-corrected chi connectivity index (χ0v) is 24.8. The van der Waals surface area contributed by atoms with Crippen molar-refractivity contribution in [2.75, 3.05) is 6.61 Å². The summed E-state index contributed by atoms with van der Waals surface area (Å²) in [6, 6.07) is 14.6. The van der Waals surface area contributed by atoms with Crippen molar-refractivity contribution in [1.82, 2.24) is 0 Å². The third-order valence-electron chi connectivity index (χ3n) is 7.13. The van der Waals surface area contributed by atoms with Gasteiger partial charge in [0, 0.05) is 0 Å². The highest BCUT2D eigenvalue weighted by Gasteiger charge is 2.42. The molecule has 0 saturated carbocycles. The fourth-order valence-electron chi connectivity index (χ4n) is 2.75. The Morgan fingerprint density at radius 1 is 0.647 bits per heavy atom. The van der Waals surface area contributed by atoms with E-state index in [2.05, 4.69) is 110 Å². The molecular formula is C29H44O3Si2. The van der Waals surface area contributed by atoms with E-state index >= 15 is 0 Å². The third-order valence-corrected chi connectivity index (χ3v) is 15.8. The first-order chi connectivity index (χ1) is 15.6. The number of rotatable bonds is 8. The molecule has 0 radical (unpaired) electrons. The monoisotopic (exact) mass is 496 g/mol. The van der Waals surface area contributed by atoms with Gasteiger partial charge < -0.3 is 14.0 Å². The van der Waals surface area contributed by atoms with E-state index in [0.717, 1.165) is 28.2 Å². The van der Waals surface area contributed by atoms with E-state index in [1.165, 1.54) is 0 Å². The van der Waals surface area contributed by atoms with Crippen LogP contribution in [0.3, 0.4) is 0 Å². The van der Waals surface area contributed by atoms with Crippen LogP contribution in [0.4, 0.5) is 0 Å². The molecule has 3 nitrogen and oxygen atoms in total. The fourth-order valence-corrected chi connectivity index (χ4v) is 4.79. The summed E-state index contributed by atoms with van der Waals surface area (Å²) < 4.78 is 13.5. The second-order valence-corrected chi connectivity index (χ2v) is 21.5. The zero-order chi connectivity index (χ0) is 25.8. The van der Waals surface area contributed by atoms with Gasteiger partial charge in [0.25, 0.3) is 16.6 Å². The Bertz CT molecular complexity index is 1010. The van der Waals surface area contributed by atoms with E-state index in [-0.39, 0.29) is 16.7 Å². The molecule has 2 aromatic rings. The summed E-state index contributed by atoms with van der Waals surface area (Å²) >= 11 is 0. The molecule has 0 aliphatic carbocycles. The van der Waals surface area contributed by atoms with Crippen molar-refractivity contribution < 1.29 is 14.0 Å². The van der Waals surface area contributed by atoms with Crippen LogP contribution in [0, 0.1) is 0 Å². The van der Waals surface area contributed by atoms with E-state index in [9.17, 15) is 0 Å². The Hall–Kier alpha value is -2.09. The van der Waals surface area contributed by atoms with Gasteiger partial charge in [-0.2, -0.15) is 0 Å². The van der Waals surface area contributed by atoms with Crippen LogP contribution in [0.1, 0.15) is 58.2 Å². The van der Waals surface area contributed by atoms with Crippen LogP contribution in [0.25, 0.3) is 18.2 Å². The molecule has 0 bridgehead atoms. The van der Waals surface area contributed by atoms with E-state index in [4.69, 9.17) is 14.0 Å². The summed E-state index contributed by atoms with van der Waals surface area (Å²) in [5.74, 6) is 1.71. The molecule has 0 saturated heterocycles. The molecule has 0 spiro atoms. The highest BCUT2D eigenvalue weighted by molar-refractivity contribution is 6.75. The first-order valence-electron chi connectivity index (χ1n) is 12.1. The Balaban J connectivity index is 2.39. The highest BCUT2D eigenvalue weighted by Crippen LogP contribution is 2.43. The zero-order valence-electron chi connectivity index (χ0n) is 22.8. The maximum atomic E-state index is 8.94. The Labute approximate surface area is 209 Å². The Kier molecular flexibility index (Phi) is 8.84. The first kappa shape index (κ1) is 28.2. The molecule has 0 aliphatic heterocycles. The molecule has 0 fully saturated rings. The first-order valence-corrected chi connectivity index (χ1v) is 17.9. The van der Waals surface area contributed by atoms with Gasteiger partial charge in [0.15, 0.2) is 0 Å². The van der Waals surface area contributed by atoms with Crippen molar-refractivity contribution in [1.29, 1.82) is 0 Å². The van der Waals surface area contributed by atoms with Gasteiger partial charge in [-0.15, -0.1) is 0 Å². The van der Waals surface area contributed by atoms with Crippen molar-refractivity contribution in [3.8, 4) is 11.5 Å². The molecule has 0 aromatic heterocycles. The third kappa shape index (κ3) is 7.46. The number of aliphatic hydroxyl groups excluding tert-OH is 1. The predicted octanol–water partition coefficient (Wildman–Crippen LogP) is 8.63. The number of hydrogen-bond donors (Lipinski definition) is 1. The second-order valence-electron chi connectivity index (χ2n) is 12.0. The minimum atomic E-state index is -2.04. The lowest BCUT2D eigenvalue weighted by Gasteiger charge is -2.39. The quantitative estimate of drug-likeness (QED) is 0.293. The van der Waals surface area contributed by atoms with Crippen molar-refractivity contribution in [3.63, 3.8) is 0 Å². The molecule has 0 amide bonds. The van der Waals surface area contributed by atoms with Crippen molar-refractivity contribution >= 4 is 34.9 Å². The molecule has 2 aromatic carbocycles. The van der Waals surface area contributed by atoms with Gasteiger partial charge in [0.2, 0.25) is 0 Å². The topological polar surface area (TPSA) is 38.7 Å². The van der Waals surface area contributed by atoms with Gasteiger partial charge in [-0.25, -0.2) is 0 Å². The van der Waals surface area contributed by atoms with E-state index in [1.807, 2.05) is 18.2 Å². The van der Waals surface area contributed by atoms with Crippen LogP contribution in [0.15, 0.2) is 48.5 Å². The van der Waals surface area contributed by atoms with Gasteiger partial charge in [0.1, 0.15) is 11.5 Å².